The molecule has 0 spiro atoms. The first-order valence-corrected chi connectivity index (χ1v) is 8.41. The van der Waals surface area contributed by atoms with Crippen LogP contribution in [-0.2, 0) is 9.84 Å². The average Bonchev–Trinajstić information content (AvgIpc) is 2.45. The van der Waals surface area contributed by atoms with Gasteiger partial charge in [-0.1, -0.05) is 29.8 Å². The fourth-order valence-electron chi connectivity index (χ4n) is 1.94. The third-order valence-electron chi connectivity index (χ3n) is 3.12. The molecular formula is C15H15ClO4S. The first-order valence-electron chi connectivity index (χ1n) is 6.14. The summed E-state index contributed by atoms with van der Waals surface area (Å²) in [6, 6.07) is 11.1. The van der Waals surface area contributed by atoms with Crippen molar-refractivity contribution >= 4 is 21.4 Å². The number of halogens is 1. The number of aliphatic hydroxyl groups excluding tert-OH is 1. The van der Waals surface area contributed by atoms with Crippen LogP contribution in [0.15, 0.2) is 47.4 Å². The Morgan fingerprint density at radius 2 is 1.67 bits per heavy atom. The maximum absolute atomic E-state index is 11.4. The molecule has 112 valence electrons. The smallest absolute Gasteiger partial charge is 0.175 e. The Balaban J connectivity index is 2.31. The largest absolute Gasteiger partial charge is 0.495 e. The summed E-state index contributed by atoms with van der Waals surface area (Å²) < 4.78 is 27.9. The number of ether oxygens (including phenoxy) is 1. The number of hydrogen-bond acceptors (Lipinski definition) is 4. The standard InChI is InChI=1S/C15H15ClO4S/c1-20-14-8-5-11(9-13(14)16)15(17)10-3-6-12(7-4-10)21(2,18)19/h3-9,15,17H,1-2H3. The van der Waals surface area contributed by atoms with Crippen LogP contribution in [0.3, 0.4) is 0 Å². The van der Waals surface area contributed by atoms with E-state index in [2.05, 4.69) is 0 Å². The van der Waals surface area contributed by atoms with Crippen molar-refractivity contribution in [2.45, 2.75) is 11.0 Å². The minimum atomic E-state index is -3.24. The summed E-state index contributed by atoms with van der Waals surface area (Å²) in [6.45, 7) is 0. The molecule has 4 nitrogen and oxygen atoms in total. The van der Waals surface area contributed by atoms with Gasteiger partial charge in [0.05, 0.1) is 17.0 Å². The lowest BCUT2D eigenvalue weighted by molar-refractivity contribution is 0.220. The Bertz CT molecular complexity index is 739. The third-order valence-corrected chi connectivity index (χ3v) is 4.54. The molecule has 0 aliphatic carbocycles. The van der Waals surface area contributed by atoms with Crippen molar-refractivity contribution < 1.29 is 18.3 Å². The molecule has 0 radical (unpaired) electrons. The van der Waals surface area contributed by atoms with Crippen LogP contribution in [-0.4, -0.2) is 26.9 Å². The van der Waals surface area contributed by atoms with Crippen LogP contribution >= 0.6 is 11.6 Å². The SMILES string of the molecule is COc1ccc(C(O)c2ccc(S(C)(=O)=O)cc2)cc1Cl. The van der Waals surface area contributed by atoms with E-state index in [-0.39, 0.29) is 4.90 Å². The van der Waals surface area contributed by atoms with Gasteiger partial charge in [0.15, 0.2) is 9.84 Å². The molecule has 2 rings (SSSR count). The van der Waals surface area contributed by atoms with Crippen LogP contribution in [0.4, 0.5) is 0 Å². The van der Waals surface area contributed by atoms with Crippen LogP contribution in [0, 0.1) is 0 Å². The molecule has 2 aromatic carbocycles. The molecule has 0 aliphatic heterocycles. The summed E-state index contributed by atoms with van der Waals surface area (Å²) in [4.78, 5) is 0.214. The normalized spacial score (nSPS) is 13.0. The predicted molar refractivity (Wildman–Crippen MR) is 81.6 cm³/mol. The van der Waals surface area contributed by atoms with Gasteiger partial charge in [-0.25, -0.2) is 8.42 Å². The third kappa shape index (κ3) is 3.56. The van der Waals surface area contributed by atoms with Gasteiger partial charge in [-0.05, 0) is 35.4 Å². The molecule has 0 saturated heterocycles. The highest BCUT2D eigenvalue weighted by Gasteiger charge is 2.14. The van der Waals surface area contributed by atoms with E-state index >= 15 is 0 Å². The van der Waals surface area contributed by atoms with Crippen LogP contribution < -0.4 is 4.74 Å². The lowest BCUT2D eigenvalue weighted by atomic mass is 10.0. The van der Waals surface area contributed by atoms with Gasteiger partial charge in [0.1, 0.15) is 11.9 Å². The number of rotatable bonds is 4. The fourth-order valence-corrected chi connectivity index (χ4v) is 2.84. The number of sulfone groups is 1. The highest BCUT2D eigenvalue weighted by Crippen LogP contribution is 2.30. The first-order chi connectivity index (χ1) is 9.82. The molecule has 0 heterocycles. The van der Waals surface area contributed by atoms with Crippen molar-refractivity contribution in [3.63, 3.8) is 0 Å². The maximum Gasteiger partial charge on any atom is 0.175 e. The van der Waals surface area contributed by atoms with Gasteiger partial charge >= 0.3 is 0 Å². The van der Waals surface area contributed by atoms with Gasteiger partial charge in [-0.2, -0.15) is 0 Å². The summed E-state index contributed by atoms with van der Waals surface area (Å²) in [6.07, 6.45) is 0.254. The monoisotopic (exact) mass is 326 g/mol. The first kappa shape index (κ1) is 15.8. The van der Waals surface area contributed by atoms with Crippen molar-refractivity contribution in [1.29, 1.82) is 0 Å². The van der Waals surface area contributed by atoms with E-state index in [0.29, 0.717) is 21.9 Å². The summed E-state index contributed by atoms with van der Waals surface area (Å²) >= 11 is 6.03. The van der Waals surface area contributed by atoms with Crippen molar-refractivity contribution in [3.05, 3.63) is 58.6 Å². The minimum Gasteiger partial charge on any atom is -0.495 e. The molecule has 2 aromatic rings. The summed E-state index contributed by atoms with van der Waals surface area (Å²) in [5.41, 5.74) is 1.19. The minimum absolute atomic E-state index is 0.214. The summed E-state index contributed by atoms with van der Waals surface area (Å²) in [5.74, 6) is 0.528. The van der Waals surface area contributed by atoms with Gasteiger partial charge in [0.25, 0.3) is 0 Å². The van der Waals surface area contributed by atoms with E-state index in [0.717, 1.165) is 6.26 Å². The second-order valence-corrected chi connectivity index (χ2v) is 7.06. The van der Waals surface area contributed by atoms with Crippen LogP contribution in [0.5, 0.6) is 5.75 Å². The van der Waals surface area contributed by atoms with Gasteiger partial charge in [0, 0.05) is 6.26 Å². The average molecular weight is 327 g/mol. The lowest BCUT2D eigenvalue weighted by Crippen LogP contribution is -2.02. The molecule has 21 heavy (non-hydrogen) atoms. The molecule has 0 aromatic heterocycles. The highest BCUT2D eigenvalue weighted by molar-refractivity contribution is 7.90. The number of hydrogen-bond donors (Lipinski definition) is 1. The quantitative estimate of drug-likeness (QED) is 0.938. The van der Waals surface area contributed by atoms with Crippen molar-refractivity contribution in [2.75, 3.05) is 13.4 Å². The van der Waals surface area contributed by atoms with Crippen molar-refractivity contribution in [3.8, 4) is 5.75 Å². The number of benzene rings is 2. The van der Waals surface area contributed by atoms with Gasteiger partial charge < -0.3 is 9.84 Å². The Labute approximate surface area is 128 Å². The molecule has 1 unspecified atom stereocenters. The summed E-state index contributed by atoms with van der Waals surface area (Å²) in [5, 5.41) is 10.7. The second-order valence-electron chi connectivity index (χ2n) is 4.64. The van der Waals surface area contributed by atoms with Gasteiger partial charge in [-0.3, -0.25) is 0 Å². The molecule has 1 N–H and O–H groups in total. The van der Waals surface area contributed by atoms with Gasteiger partial charge in [-0.15, -0.1) is 0 Å². The van der Waals surface area contributed by atoms with Crippen LogP contribution in [0.2, 0.25) is 5.02 Å². The lowest BCUT2D eigenvalue weighted by Gasteiger charge is -2.13. The predicted octanol–water partition coefficient (Wildman–Crippen LogP) is 2.83. The van der Waals surface area contributed by atoms with Gasteiger partial charge in [0.2, 0.25) is 0 Å². The molecule has 0 amide bonds. The van der Waals surface area contributed by atoms with E-state index in [1.54, 1.807) is 30.3 Å². The Morgan fingerprint density at radius 1 is 1.10 bits per heavy atom. The number of aliphatic hydroxyl groups is 1. The molecular weight excluding hydrogens is 312 g/mol. The zero-order valence-corrected chi connectivity index (χ0v) is 13.1. The molecule has 0 bridgehead atoms. The summed E-state index contributed by atoms with van der Waals surface area (Å²) in [7, 11) is -1.73. The number of methoxy groups -OCH3 is 1. The van der Waals surface area contributed by atoms with E-state index in [4.69, 9.17) is 16.3 Å². The molecule has 1 atom stereocenters. The fraction of sp³-hybridized carbons (Fsp3) is 0.200. The van der Waals surface area contributed by atoms with Crippen LogP contribution in [0.25, 0.3) is 0 Å². The zero-order valence-electron chi connectivity index (χ0n) is 11.6. The Hall–Kier alpha value is -1.56. The molecule has 0 saturated carbocycles. The topological polar surface area (TPSA) is 63.6 Å². The Morgan fingerprint density at radius 3 is 2.14 bits per heavy atom. The van der Waals surface area contributed by atoms with Crippen molar-refractivity contribution in [2.24, 2.45) is 0 Å². The molecule has 6 heteroatoms. The van der Waals surface area contributed by atoms with E-state index in [9.17, 15) is 13.5 Å². The Kier molecular flexibility index (Phi) is 4.56. The van der Waals surface area contributed by atoms with Crippen LogP contribution in [0.1, 0.15) is 17.2 Å². The maximum atomic E-state index is 11.4. The van der Waals surface area contributed by atoms with E-state index < -0.39 is 15.9 Å². The zero-order chi connectivity index (χ0) is 15.6. The molecule has 0 fully saturated rings. The molecule has 0 aliphatic rings. The highest BCUT2D eigenvalue weighted by atomic mass is 35.5. The van der Waals surface area contributed by atoms with E-state index in [1.807, 2.05) is 0 Å². The second kappa shape index (κ2) is 6.05. The van der Waals surface area contributed by atoms with Crippen molar-refractivity contribution in [1.82, 2.24) is 0 Å². The van der Waals surface area contributed by atoms with E-state index in [1.165, 1.54) is 19.2 Å².